The number of ether oxygens (including phenoxy) is 1. The molecule has 0 aliphatic carbocycles. The van der Waals surface area contributed by atoms with Crippen molar-refractivity contribution < 1.29 is 13.2 Å². The molecule has 4 nitrogen and oxygen atoms in total. The number of anilines is 1. The molecule has 2 rings (SSSR count). The zero-order chi connectivity index (χ0) is 16.3. The van der Waals surface area contributed by atoms with Gasteiger partial charge in [0.2, 0.25) is 0 Å². The molecule has 0 radical (unpaired) electrons. The van der Waals surface area contributed by atoms with Gasteiger partial charge in [-0.05, 0) is 56.7 Å². The summed E-state index contributed by atoms with van der Waals surface area (Å²) in [6, 6.07) is 12.2. The van der Waals surface area contributed by atoms with Gasteiger partial charge in [-0.1, -0.05) is 17.7 Å². The van der Waals surface area contributed by atoms with Crippen molar-refractivity contribution in [3.63, 3.8) is 0 Å². The summed E-state index contributed by atoms with van der Waals surface area (Å²) < 4.78 is 32.3. The van der Waals surface area contributed by atoms with Crippen molar-refractivity contribution in [3.8, 4) is 5.75 Å². The summed E-state index contributed by atoms with van der Waals surface area (Å²) in [5, 5.41) is 0. The van der Waals surface area contributed by atoms with Crippen molar-refractivity contribution >= 4 is 15.7 Å². The van der Waals surface area contributed by atoms with Crippen LogP contribution < -0.4 is 9.04 Å². The van der Waals surface area contributed by atoms with Gasteiger partial charge in [0.15, 0.2) is 0 Å². The molecule has 0 heterocycles. The Kier molecular flexibility index (Phi) is 4.76. The van der Waals surface area contributed by atoms with E-state index in [9.17, 15) is 8.42 Å². The van der Waals surface area contributed by atoms with Crippen LogP contribution in [0, 0.1) is 13.8 Å². The lowest BCUT2D eigenvalue weighted by Crippen LogP contribution is -2.31. The van der Waals surface area contributed by atoms with E-state index in [0.717, 1.165) is 11.1 Å². The molecule has 0 unspecified atom stereocenters. The summed E-state index contributed by atoms with van der Waals surface area (Å²) in [6.07, 6.45) is 0. The lowest BCUT2D eigenvalue weighted by atomic mass is 10.1. The van der Waals surface area contributed by atoms with E-state index in [1.165, 1.54) is 4.31 Å². The summed E-state index contributed by atoms with van der Waals surface area (Å²) in [5.74, 6) is 0.633. The van der Waals surface area contributed by atoms with E-state index in [-0.39, 0.29) is 4.90 Å². The molecule has 5 heteroatoms. The second-order valence-electron chi connectivity index (χ2n) is 5.14. The summed E-state index contributed by atoms with van der Waals surface area (Å²) >= 11 is 0. The molecule has 0 bridgehead atoms. The molecule has 0 saturated carbocycles. The standard InChI is InChI=1S/C17H21NO3S/c1-5-18(17-11-6-13(2)12-14(17)3)22(19,20)16-9-7-15(21-4)8-10-16/h6-12H,5H2,1-4H3. The Hall–Kier alpha value is -2.01. The summed E-state index contributed by atoms with van der Waals surface area (Å²) in [7, 11) is -2.03. The van der Waals surface area contributed by atoms with Crippen LogP contribution in [0.1, 0.15) is 18.1 Å². The van der Waals surface area contributed by atoms with Gasteiger partial charge in [-0.25, -0.2) is 8.42 Å². The topological polar surface area (TPSA) is 46.6 Å². The minimum Gasteiger partial charge on any atom is -0.497 e. The second kappa shape index (κ2) is 6.40. The van der Waals surface area contributed by atoms with Gasteiger partial charge in [0.25, 0.3) is 10.0 Å². The molecule has 0 saturated heterocycles. The van der Waals surface area contributed by atoms with Gasteiger partial charge in [0.05, 0.1) is 17.7 Å². The normalized spacial score (nSPS) is 11.3. The third-order valence-electron chi connectivity index (χ3n) is 3.56. The molecule has 0 atom stereocenters. The van der Waals surface area contributed by atoms with E-state index >= 15 is 0 Å². The summed E-state index contributed by atoms with van der Waals surface area (Å²) in [6.45, 7) is 6.12. The van der Waals surface area contributed by atoms with E-state index in [0.29, 0.717) is 18.0 Å². The average Bonchev–Trinajstić information content (AvgIpc) is 2.50. The van der Waals surface area contributed by atoms with Crippen molar-refractivity contribution in [2.75, 3.05) is 18.0 Å². The Morgan fingerprint density at radius 1 is 1.05 bits per heavy atom. The Bertz CT molecular complexity index is 752. The SMILES string of the molecule is CCN(c1ccc(C)cc1C)S(=O)(=O)c1ccc(OC)cc1. The van der Waals surface area contributed by atoms with Crippen LogP contribution in [0.4, 0.5) is 5.69 Å². The predicted octanol–water partition coefficient (Wildman–Crippen LogP) is 3.53. The molecule has 2 aromatic carbocycles. The van der Waals surface area contributed by atoms with Crippen LogP contribution in [0.15, 0.2) is 47.4 Å². The van der Waals surface area contributed by atoms with E-state index < -0.39 is 10.0 Å². The highest BCUT2D eigenvalue weighted by atomic mass is 32.2. The minimum atomic E-state index is -3.59. The molecule has 0 aliphatic rings. The zero-order valence-electron chi connectivity index (χ0n) is 13.3. The van der Waals surface area contributed by atoms with Crippen LogP contribution >= 0.6 is 0 Å². The molecular formula is C17H21NO3S. The number of rotatable bonds is 5. The van der Waals surface area contributed by atoms with Crippen molar-refractivity contribution in [2.24, 2.45) is 0 Å². The maximum absolute atomic E-state index is 12.9. The smallest absolute Gasteiger partial charge is 0.264 e. The Labute approximate surface area is 132 Å². The van der Waals surface area contributed by atoms with Crippen molar-refractivity contribution in [2.45, 2.75) is 25.7 Å². The fourth-order valence-electron chi connectivity index (χ4n) is 2.43. The molecule has 0 fully saturated rings. The van der Waals surface area contributed by atoms with Gasteiger partial charge >= 0.3 is 0 Å². The molecule has 118 valence electrons. The van der Waals surface area contributed by atoms with E-state index in [4.69, 9.17) is 4.74 Å². The minimum absolute atomic E-state index is 0.259. The lowest BCUT2D eigenvalue weighted by molar-refractivity contribution is 0.414. The monoisotopic (exact) mass is 319 g/mol. The van der Waals surface area contributed by atoms with Crippen LogP contribution in [-0.2, 0) is 10.0 Å². The average molecular weight is 319 g/mol. The van der Waals surface area contributed by atoms with Crippen LogP contribution in [-0.4, -0.2) is 22.1 Å². The fraction of sp³-hybridized carbons (Fsp3) is 0.294. The van der Waals surface area contributed by atoms with Gasteiger partial charge in [-0.3, -0.25) is 4.31 Å². The van der Waals surface area contributed by atoms with Crippen molar-refractivity contribution in [1.29, 1.82) is 0 Å². The molecule has 0 amide bonds. The second-order valence-corrected chi connectivity index (χ2v) is 7.00. The van der Waals surface area contributed by atoms with Crippen LogP contribution in [0.25, 0.3) is 0 Å². The summed E-state index contributed by atoms with van der Waals surface area (Å²) in [5.41, 5.74) is 2.77. The maximum Gasteiger partial charge on any atom is 0.264 e. The molecule has 0 aromatic heterocycles. The predicted molar refractivity (Wildman–Crippen MR) is 89.1 cm³/mol. The molecule has 22 heavy (non-hydrogen) atoms. The number of hydrogen-bond acceptors (Lipinski definition) is 3. The van der Waals surface area contributed by atoms with E-state index in [1.54, 1.807) is 31.4 Å². The number of nitrogens with zero attached hydrogens (tertiary/aromatic N) is 1. The van der Waals surface area contributed by atoms with Crippen molar-refractivity contribution in [3.05, 3.63) is 53.6 Å². The highest BCUT2D eigenvalue weighted by Gasteiger charge is 2.24. The molecule has 0 N–H and O–H groups in total. The summed E-state index contributed by atoms with van der Waals surface area (Å²) in [4.78, 5) is 0.259. The first-order valence-electron chi connectivity index (χ1n) is 7.14. The molecular weight excluding hydrogens is 298 g/mol. The number of sulfonamides is 1. The Morgan fingerprint density at radius 3 is 2.18 bits per heavy atom. The van der Waals surface area contributed by atoms with Crippen LogP contribution in [0.5, 0.6) is 5.75 Å². The number of hydrogen-bond donors (Lipinski definition) is 0. The quantitative estimate of drug-likeness (QED) is 0.847. The molecule has 0 aliphatic heterocycles. The third kappa shape index (κ3) is 3.09. The van der Waals surface area contributed by atoms with Gasteiger partial charge in [0.1, 0.15) is 5.75 Å². The first-order chi connectivity index (χ1) is 10.4. The molecule has 0 spiro atoms. The zero-order valence-corrected chi connectivity index (χ0v) is 14.1. The van der Waals surface area contributed by atoms with E-state index in [1.807, 2.05) is 39.0 Å². The first kappa shape index (κ1) is 16.4. The maximum atomic E-state index is 12.9. The van der Waals surface area contributed by atoms with Gasteiger partial charge in [-0.15, -0.1) is 0 Å². The largest absolute Gasteiger partial charge is 0.497 e. The van der Waals surface area contributed by atoms with Crippen LogP contribution in [0.3, 0.4) is 0 Å². The lowest BCUT2D eigenvalue weighted by Gasteiger charge is -2.25. The number of methoxy groups -OCH3 is 1. The van der Waals surface area contributed by atoms with Crippen molar-refractivity contribution in [1.82, 2.24) is 0 Å². The van der Waals surface area contributed by atoms with Crippen LogP contribution in [0.2, 0.25) is 0 Å². The fourth-order valence-corrected chi connectivity index (χ4v) is 3.97. The Morgan fingerprint density at radius 2 is 1.68 bits per heavy atom. The van der Waals surface area contributed by atoms with Gasteiger partial charge in [-0.2, -0.15) is 0 Å². The highest BCUT2D eigenvalue weighted by molar-refractivity contribution is 7.92. The highest BCUT2D eigenvalue weighted by Crippen LogP contribution is 2.28. The number of benzene rings is 2. The molecule has 2 aromatic rings. The number of aryl methyl sites for hydroxylation is 2. The third-order valence-corrected chi connectivity index (χ3v) is 5.46. The first-order valence-corrected chi connectivity index (χ1v) is 8.58. The van der Waals surface area contributed by atoms with E-state index in [2.05, 4.69) is 0 Å². The Balaban J connectivity index is 2.48. The van der Waals surface area contributed by atoms with Gasteiger partial charge in [0, 0.05) is 6.54 Å². The van der Waals surface area contributed by atoms with Gasteiger partial charge < -0.3 is 4.74 Å².